The van der Waals surface area contributed by atoms with Crippen LogP contribution in [-0.2, 0) is 14.3 Å². The number of carbonyl (C=O) groups is 3. The number of carbonyl (C=O) groups excluding carboxylic acids is 3. The molecule has 0 spiro atoms. The Morgan fingerprint density at radius 1 is 1.38 bits per heavy atom. The average Bonchev–Trinajstić information content (AvgIpc) is 2.64. The van der Waals surface area contributed by atoms with Gasteiger partial charge in [-0.3, -0.25) is 14.5 Å². The van der Waals surface area contributed by atoms with Gasteiger partial charge in [-0.15, -0.1) is 0 Å². The zero-order valence-electron chi connectivity index (χ0n) is 11.7. The topological polar surface area (TPSA) is 63.7 Å². The van der Waals surface area contributed by atoms with E-state index in [1.165, 1.54) is 12.1 Å². The highest BCUT2D eigenvalue weighted by Gasteiger charge is 2.39. The Labute approximate surface area is 121 Å². The number of ether oxygens (including phenoxy) is 1. The van der Waals surface area contributed by atoms with Crippen LogP contribution >= 0.6 is 0 Å². The number of ketones is 1. The molecule has 1 aliphatic rings. The number of Topliss-reactive ketones (excluding diaryl/α,β-unsaturated/α-hetero) is 1. The van der Waals surface area contributed by atoms with E-state index in [9.17, 15) is 18.8 Å². The van der Waals surface area contributed by atoms with Crippen molar-refractivity contribution in [2.24, 2.45) is 0 Å². The van der Waals surface area contributed by atoms with Crippen molar-refractivity contribution in [2.75, 3.05) is 18.1 Å². The van der Waals surface area contributed by atoms with Crippen molar-refractivity contribution in [1.82, 2.24) is 0 Å². The van der Waals surface area contributed by atoms with Gasteiger partial charge in [-0.1, -0.05) is 6.58 Å². The van der Waals surface area contributed by atoms with Crippen LogP contribution in [0.2, 0.25) is 0 Å². The predicted octanol–water partition coefficient (Wildman–Crippen LogP) is 1.78. The molecular formula is C15H14FNO4. The van der Waals surface area contributed by atoms with Crippen molar-refractivity contribution in [1.29, 1.82) is 0 Å². The van der Waals surface area contributed by atoms with Crippen LogP contribution in [0.3, 0.4) is 0 Å². The molecule has 110 valence electrons. The number of amides is 1. The van der Waals surface area contributed by atoms with E-state index in [2.05, 4.69) is 6.58 Å². The summed E-state index contributed by atoms with van der Waals surface area (Å²) in [5.74, 6) is -3.02. The summed E-state index contributed by atoms with van der Waals surface area (Å²) >= 11 is 0. The van der Waals surface area contributed by atoms with E-state index in [0.717, 1.165) is 4.90 Å². The van der Waals surface area contributed by atoms with Gasteiger partial charge in [0.2, 0.25) is 0 Å². The third kappa shape index (κ3) is 2.56. The van der Waals surface area contributed by atoms with Gasteiger partial charge in [0.05, 0.1) is 24.4 Å². The molecule has 2 rings (SSSR count). The molecule has 0 bridgehead atoms. The van der Waals surface area contributed by atoms with Gasteiger partial charge in [-0.25, -0.2) is 9.18 Å². The molecular weight excluding hydrogens is 277 g/mol. The minimum absolute atomic E-state index is 0.00848. The summed E-state index contributed by atoms with van der Waals surface area (Å²) in [6, 6.07) is 2.68. The van der Waals surface area contributed by atoms with E-state index < -0.39 is 23.5 Å². The lowest BCUT2D eigenvalue weighted by Crippen LogP contribution is -2.33. The molecule has 0 N–H and O–H groups in total. The Morgan fingerprint density at radius 2 is 2.05 bits per heavy atom. The second-order valence-electron chi connectivity index (χ2n) is 4.69. The van der Waals surface area contributed by atoms with Gasteiger partial charge < -0.3 is 4.74 Å². The van der Waals surface area contributed by atoms with Gasteiger partial charge in [0.25, 0.3) is 11.7 Å². The molecule has 0 unspecified atom stereocenters. The van der Waals surface area contributed by atoms with Crippen LogP contribution < -0.4 is 4.90 Å². The lowest BCUT2D eigenvalue weighted by molar-refractivity contribution is -0.138. The molecule has 0 fully saturated rings. The van der Waals surface area contributed by atoms with Crippen LogP contribution in [0.4, 0.5) is 10.1 Å². The molecule has 0 saturated heterocycles. The minimum Gasteiger partial charge on any atom is -0.463 e. The molecule has 1 aliphatic heterocycles. The highest BCUT2D eigenvalue weighted by Crippen LogP contribution is 2.33. The van der Waals surface area contributed by atoms with E-state index in [1.54, 1.807) is 13.8 Å². The number of hydrogen-bond acceptors (Lipinski definition) is 4. The number of nitrogens with zero attached hydrogens (tertiary/aromatic N) is 1. The average molecular weight is 291 g/mol. The second-order valence-corrected chi connectivity index (χ2v) is 4.69. The van der Waals surface area contributed by atoms with Gasteiger partial charge in [0.15, 0.2) is 0 Å². The van der Waals surface area contributed by atoms with Crippen molar-refractivity contribution < 1.29 is 23.5 Å². The lowest BCUT2D eigenvalue weighted by Gasteiger charge is -2.18. The number of aryl methyl sites for hydroxylation is 1. The maximum atomic E-state index is 14.1. The molecule has 0 atom stereocenters. The van der Waals surface area contributed by atoms with Gasteiger partial charge in [0.1, 0.15) is 5.82 Å². The number of rotatable bonds is 4. The smallest absolute Gasteiger partial charge is 0.335 e. The van der Waals surface area contributed by atoms with E-state index in [0.29, 0.717) is 5.56 Å². The van der Waals surface area contributed by atoms with Crippen molar-refractivity contribution in [3.63, 3.8) is 0 Å². The molecule has 0 aliphatic carbocycles. The summed E-state index contributed by atoms with van der Waals surface area (Å²) in [6.45, 7) is 6.65. The number of benzene rings is 1. The summed E-state index contributed by atoms with van der Waals surface area (Å²) in [5.41, 5.74) is 0.416. The first-order valence-electron chi connectivity index (χ1n) is 6.38. The monoisotopic (exact) mass is 291 g/mol. The maximum Gasteiger partial charge on any atom is 0.335 e. The fourth-order valence-electron chi connectivity index (χ4n) is 2.16. The van der Waals surface area contributed by atoms with Crippen LogP contribution in [0, 0.1) is 12.7 Å². The van der Waals surface area contributed by atoms with Crippen LogP contribution in [0.1, 0.15) is 22.8 Å². The molecule has 21 heavy (non-hydrogen) atoms. The normalized spacial score (nSPS) is 13.4. The van der Waals surface area contributed by atoms with Crippen LogP contribution in [0.15, 0.2) is 24.3 Å². The first-order valence-corrected chi connectivity index (χ1v) is 6.38. The zero-order valence-corrected chi connectivity index (χ0v) is 11.7. The number of esters is 1. The Kier molecular flexibility index (Phi) is 3.88. The van der Waals surface area contributed by atoms with E-state index in [-0.39, 0.29) is 30.0 Å². The third-order valence-corrected chi connectivity index (χ3v) is 3.07. The van der Waals surface area contributed by atoms with Crippen LogP contribution in [-0.4, -0.2) is 30.8 Å². The largest absolute Gasteiger partial charge is 0.463 e. The number of hydrogen-bond donors (Lipinski definition) is 0. The summed E-state index contributed by atoms with van der Waals surface area (Å²) in [5, 5.41) is 0. The first kappa shape index (κ1) is 14.9. The minimum atomic E-state index is -0.875. The Bertz CT molecular complexity index is 666. The molecule has 0 radical (unpaired) electrons. The fourth-order valence-corrected chi connectivity index (χ4v) is 2.16. The number of anilines is 1. The van der Waals surface area contributed by atoms with Crippen molar-refractivity contribution in [3.05, 3.63) is 41.2 Å². The van der Waals surface area contributed by atoms with Gasteiger partial charge >= 0.3 is 5.97 Å². The summed E-state index contributed by atoms with van der Waals surface area (Å²) in [7, 11) is 0. The van der Waals surface area contributed by atoms with E-state index in [1.807, 2.05) is 0 Å². The summed E-state index contributed by atoms with van der Waals surface area (Å²) < 4.78 is 18.8. The Balaban J connectivity index is 2.36. The fraction of sp³-hybridized carbons (Fsp3) is 0.267. The molecule has 5 nitrogen and oxygen atoms in total. The molecule has 0 aromatic heterocycles. The standard InChI is InChI=1S/C15H14FNO4/c1-4-21-15(20)9(3)7-17-12-10(13(18)14(17)19)5-8(2)6-11(12)16/h5-6H,3-4,7H2,1-2H3. The second kappa shape index (κ2) is 5.47. The SMILES string of the molecule is C=C(CN1C(=O)C(=O)c2cc(C)cc(F)c21)C(=O)OCC. The van der Waals surface area contributed by atoms with Gasteiger partial charge in [-0.05, 0) is 31.5 Å². The maximum absolute atomic E-state index is 14.1. The Hall–Kier alpha value is -2.50. The van der Waals surface area contributed by atoms with Gasteiger partial charge in [-0.2, -0.15) is 0 Å². The zero-order chi connectivity index (χ0) is 15.7. The summed E-state index contributed by atoms with van der Waals surface area (Å²) in [4.78, 5) is 36.3. The molecule has 1 heterocycles. The van der Waals surface area contributed by atoms with Crippen molar-refractivity contribution >= 4 is 23.3 Å². The van der Waals surface area contributed by atoms with Crippen molar-refractivity contribution in [3.8, 4) is 0 Å². The predicted molar refractivity (Wildman–Crippen MR) is 73.6 cm³/mol. The first-order chi connectivity index (χ1) is 9.86. The van der Waals surface area contributed by atoms with E-state index >= 15 is 0 Å². The van der Waals surface area contributed by atoms with Gasteiger partial charge in [0, 0.05) is 5.57 Å². The number of halogens is 1. The molecule has 1 aromatic rings. The highest BCUT2D eigenvalue weighted by molar-refractivity contribution is 6.52. The molecule has 1 aromatic carbocycles. The summed E-state index contributed by atoms with van der Waals surface area (Å²) in [6.07, 6.45) is 0. The quantitative estimate of drug-likeness (QED) is 0.482. The molecule has 6 heteroatoms. The third-order valence-electron chi connectivity index (χ3n) is 3.07. The lowest BCUT2D eigenvalue weighted by atomic mass is 10.1. The Morgan fingerprint density at radius 3 is 2.67 bits per heavy atom. The van der Waals surface area contributed by atoms with Crippen molar-refractivity contribution in [2.45, 2.75) is 13.8 Å². The molecule has 0 saturated carbocycles. The highest BCUT2D eigenvalue weighted by atomic mass is 19.1. The molecule has 1 amide bonds. The number of fused-ring (bicyclic) bond motifs is 1. The van der Waals surface area contributed by atoms with Crippen LogP contribution in [0.25, 0.3) is 0 Å². The van der Waals surface area contributed by atoms with Crippen LogP contribution in [0.5, 0.6) is 0 Å². The van der Waals surface area contributed by atoms with E-state index in [4.69, 9.17) is 4.74 Å².